The summed E-state index contributed by atoms with van der Waals surface area (Å²) in [4.78, 5) is 16.7. The highest BCUT2D eigenvalue weighted by atomic mass is 19.4. The van der Waals surface area contributed by atoms with Gasteiger partial charge in [-0.2, -0.15) is 18.2 Å². The van der Waals surface area contributed by atoms with Gasteiger partial charge in [0.2, 0.25) is 11.8 Å². The predicted octanol–water partition coefficient (Wildman–Crippen LogP) is 3.89. The molecule has 7 nitrogen and oxygen atoms in total. The molecule has 2 aromatic heterocycles. The van der Waals surface area contributed by atoms with Crippen LogP contribution in [0.25, 0.3) is 0 Å². The van der Waals surface area contributed by atoms with Crippen molar-refractivity contribution in [3.05, 3.63) is 30.0 Å². The first-order chi connectivity index (χ1) is 13.3. The molecule has 0 aromatic carbocycles. The third kappa shape index (κ3) is 5.93. The lowest BCUT2D eigenvalue weighted by molar-refractivity contribution is -0.144. The number of alkyl halides is 3. The molecule has 0 spiro atoms. The minimum atomic E-state index is -4.53. The van der Waals surface area contributed by atoms with Gasteiger partial charge in [-0.1, -0.05) is 27.7 Å². The van der Waals surface area contributed by atoms with Gasteiger partial charge in [0, 0.05) is 24.8 Å². The number of aromatic nitrogens is 4. The second-order valence-corrected chi connectivity index (χ2v) is 5.59. The van der Waals surface area contributed by atoms with Crippen molar-refractivity contribution in [3.8, 4) is 0 Å². The lowest BCUT2D eigenvalue weighted by atomic mass is 9.90. The van der Waals surface area contributed by atoms with E-state index in [1.165, 1.54) is 12.4 Å². The van der Waals surface area contributed by atoms with E-state index >= 15 is 0 Å². The molecule has 0 aliphatic carbocycles. The third-order valence-corrected chi connectivity index (χ3v) is 4.06. The second kappa shape index (κ2) is 10.6. The standard InChI is InChI=1S/C14H16F3N7.2C2H6/c15-14(16,17)12-20-5-9(6-21-12)24-3-1-8(2-4-24)10-7-22-13(19)23-11(10)18;2*1-2/h5-8H,1-4H2,(H4,18,19,22,23);2*1-2H3. The maximum Gasteiger partial charge on any atom is 0.451 e. The Kier molecular flexibility index (Phi) is 8.87. The summed E-state index contributed by atoms with van der Waals surface area (Å²) in [6, 6.07) is 0. The summed E-state index contributed by atoms with van der Waals surface area (Å²) in [5.74, 6) is -0.431. The summed E-state index contributed by atoms with van der Waals surface area (Å²) in [5.41, 5.74) is 12.8. The average Bonchev–Trinajstić information content (AvgIpc) is 2.71. The van der Waals surface area contributed by atoms with Crippen LogP contribution >= 0.6 is 0 Å². The number of halogens is 3. The minimum Gasteiger partial charge on any atom is -0.383 e. The van der Waals surface area contributed by atoms with E-state index in [1.807, 2.05) is 32.6 Å². The van der Waals surface area contributed by atoms with Gasteiger partial charge in [0.1, 0.15) is 5.82 Å². The van der Waals surface area contributed by atoms with E-state index in [0.717, 1.165) is 18.4 Å². The molecule has 156 valence electrons. The van der Waals surface area contributed by atoms with Crippen LogP contribution in [0.3, 0.4) is 0 Å². The number of hydrogen-bond acceptors (Lipinski definition) is 7. The second-order valence-electron chi connectivity index (χ2n) is 5.59. The van der Waals surface area contributed by atoms with Gasteiger partial charge in [-0.25, -0.2) is 15.0 Å². The number of anilines is 3. The molecule has 0 bridgehead atoms. The zero-order valence-corrected chi connectivity index (χ0v) is 16.7. The van der Waals surface area contributed by atoms with Crippen molar-refractivity contribution in [1.29, 1.82) is 0 Å². The smallest absolute Gasteiger partial charge is 0.383 e. The molecule has 0 amide bonds. The SMILES string of the molecule is CC.CC.Nc1ncc(C2CCN(c3cnc(C(F)(F)F)nc3)CC2)c(N)n1. The van der Waals surface area contributed by atoms with Crippen LogP contribution in [0, 0.1) is 0 Å². The molecule has 1 aliphatic heterocycles. The fourth-order valence-electron chi connectivity index (χ4n) is 2.81. The van der Waals surface area contributed by atoms with Crippen LogP contribution in [0.4, 0.5) is 30.6 Å². The van der Waals surface area contributed by atoms with Crippen molar-refractivity contribution in [3.63, 3.8) is 0 Å². The summed E-state index contributed by atoms with van der Waals surface area (Å²) in [6.07, 6.45) is 1.07. The number of nitrogens with zero attached hydrogens (tertiary/aromatic N) is 5. The Morgan fingerprint density at radius 3 is 1.93 bits per heavy atom. The average molecular weight is 399 g/mol. The van der Waals surface area contributed by atoms with Crippen molar-refractivity contribution in [2.75, 3.05) is 29.5 Å². The van der Waals surface area contributed by atoms with E-state index < -0.39 is 12.0 Å². The van der Waals surface area contributed by atoms with Gasteiger partial charge in [-0.15, -0.1) is 0 Å². The quantitative estimate of drug-likeness (QED) is 0.789. The third-order valence-electron chi connectivity index (χ3n) is 4.06. The topological polar surface area (TPSA) is 107 Å². The van der Waals surface area contributed by atoms with Crippen LogP contribution < -0.4 is 16.4 Å². The van der Waals surface area contributed by atoms with Crippen LogP contribution in [0.15, 0.2) is 18.6 Å². The molecule has 1 aliphatic rings. The van der Waals surface area contributed by atoms with Crippen LogP contribution in [0.1, 0.15) is 57.8 Å². The Bertz CT molecular complexity index is 712. The van der Waals surface area contributed by atoms with E-state index in [4.69, 9.17) is 11.5 Å². The molecule has 1 fully saturated rings. The largest absolute Gasteiger partial charge is 0.451 e. The first-order valence-corrected chi connectivity index (χ1v) is 9.36. The molecule has 28 heavy (non-hydrogen) atoms. The summed E-state index contributed by atoms with van der Waals surface area (Å²) in [5, 5.41) is 0. The van der Waals surface area contributed by atoms with Crippen molar-refractivity contribution < 1.29 is 13.2 Å². The van der Waals surface area contributed by atoms with Crippen LogP contribution in [0.5, 0.6) is 0 Å². The van der Waals surface area contributed by atoms with E-state index in [0.29, 0.717) is 24.6 Å². The Hall–Kier alpha value is -2.65. The van der Waals surface area contributed by atoms with Crippen LogP contribution in [0.2, 0.25) is 0 Å². The number of piperidine rings is 1. The zero-order chi connectivity index (χ0) is 21.3. The minimum absolute atomic E-state index is 0.135. The lowest BCUT2D eigenvalue weighted by Gasteiger charge is -2.33. The molecule has 1 saturated heterocycles. The molecule has 0 atom stereocenters. The van der Waals surface area contributed by atoms with Gasteiger partial charge in [0.05, 0.1) is 18.1 Å². The van der Waals surface area contributed by atoms with Gasteiger partial charge < -0.3 is 16.4 Å². The fraction of sp³-hybridized carbons (Fsp3) is 0.556. The van der Waals surface area contributed by atoms with E-state index in [1.54, 1.807) is 6.20 Å². The molecule has 10 heteroatoms. The summed E-state index contributed by atoms with van der Waals surface area (Å²) in [6.45, 7) is 9.31. The van der Waals surface area contributed by atoms with Crippen LogP contribution in [-0.4, -0.2) is 33.0 Å². The molecule has 3 rings (SSSR count). The first kappa shape index (κ1) is 23.4. The van der Waals surface area contributed by atoms with Crippen molar-refractivity contribution in [2.24, 2.45) is 0 Å². The Labute approximate surface area is 163 Å². The van der Waals surface area contributed by atoms with Gasteiger partial charge in [-0.05, 0) is 18.8 Å². The number of hydrogen-bond donors (Lipinski definition) is 2. The van der Waals surface area contributed by atoms with Crippen molar-refractivity contribution in [2.45, 2.75) is 52.6 Å². The molecular formula is C18H28F3N7. The maximum atomic E-state index is 12.5. The fourth-order valence-corrected chi connectivity index (χ4v) is 2.81. The monoisotopic (exact) mass is 399 g/mol. The summed E-state index contributed by atoms with van der Waals surface area (Å²) in [7, 11) is 0. The summed E-state index contributed by atoms with van der Waals surface area (Å²) < 4.78 is 37.5. The highest BCUT2D eigenvalue weighted by Crippen LogP contribution is 2.33. The molecular weight excluding hydrogens is 371 g/mol. The Morgan fingerprint density at radius 1 is 0.929 bits per heavy atom. The van der Waals surface area contributed by atoms with Gasteiger partial charge >= 0.3 is 6.18 Å². The maximum absolute atomic E-state index is 12.5. The number of rotatable bonds is 2. The highest BCUT2D eigenvalue weighted by molar-refractivity contribution is 5.46. The van der Waals surface area contributed by atoms with E-state index in [9.17, 15) is 13.2 Å². The molecule has 0 unspecified atom stereocenters. The molecule has 3 heterocycles. The zero-order valence-electron chi connectivity index (χ0n) is 16.7. The number of nitrogen functional groups attached to an aromatic ring is 2. The van der Waals surface area contributed by atoms with E-state index in [2.05, 4.69) is 19.9 Å². The first-order valence-electron chi connectivity index (χ1n) is 9.36. The van der Waals surface area contributed by atoms with Crippen molar-refractivity contribution in [1.82, 2.24) is 19.9 Å². The molecule has 2 aromatic rings. The van der Waals surface area contributed by atoms with Crippen LogP contribution in [-0.2, 0) is 6.18 Å². The summed E-state index contributed by atoms with van der Waals surface area (Å²) >= 11 is 0. The number of nitrogens with two attached hydrogens (primary N) is 2. The Morgan fingerprint density at radius 2 is 1.46 bits per heavy atom. The molecule has 0 radical (unpaired) electrons. The predicted molar refractivity (Wildman–Crippen MR) is 105 cm³/mol. The lowest BCUT2D eigenvalue weighted by Crippen LogP contribution is -2.33. The highest BCUT2D eigenvalue weighted by Gasteiger charge is 2.34. The van der Waals surface area contributed by atoms with Gasteiger partial charge in [0.15, 0.2) is 0 Å². The van der Waals surface area contributed by atoms with Crippen molar-refractivity contribution >= 4 is 17.5 Å². The van der Waals surface area contributed by atoms with Gasteiger partial charge in [0.25, 0.3) is 0 Å². The van der Waals surface area contributed by atoms with Gasteiger partial charge in [-0.3, -0.25) is 0 Å². The van der Waals surface area contributed by atoms with E-state index in [-0.39, 0.29) is 11.9 Å². The normalized spacial score (nSPS) is 14.5. The molecule has 4 N–H and O–H groups in total. The Balaban J connectivity index is 0.000000921. The molecule has 0 saturated carbocycles.